The quantitative estimate of drug-likeness (QED) is 0.256. The summed E-state index contributed by atoms with van der Waals surface area (Å²) >= 11 is 1.31. The average Bonchev–Trinajstić information content (AvgIpc) is 3.13. The van der Waals surface area contributed by atoms with Crippen LogP contribution in [0.3, 0.4) is 0 Å². The molecule has 0 unspecified atom stereocenters. The first kappa shape index (κ1) is 24.5. The molecule has 6 nitrogen and oxygen atoms in total. The van der Waals surface area contributed by atoms with Crippen molar-refractivity contribution in [2.45, 2.75) is 38.0 Å². The predicted molar refractivity (Wildman–Crippen MR) is 143 cm³/mol. The van der Waals surface area contributed by atoms with Crippen molar-refractivity contribution < 1.29 is 14.3 Å². The molecule has 7 heteroatoms. The average molecular weight is 488 g/mol. The summed E-state index contributed by atoms with van der Waals surface area (Å²) in [4.78, 5) is 32.2. The zero-order chi connectivity index (χ0) is 24.6. The molecule has 2 atom stereocenters. The predicted octanol–water partition coefficient (Wildman–Crippen LogP) is 5.55. The zero-order valence-electron chi connectivity index (χ0n) is 19.9. The van der Waals surface area contributed by atoms with Gasteiger partial charge in [-0.25, -0.2) is 4.90 Å². The second-order valence-electron chi connectivity index (χ2n) is 8.27. The minimum atomic E-state index is -0.548. The fourth-order valence-corrected chi connectivity index (χ4v) is 5.02. The number of hydrogen-bond acceptors (Lipinski definition) is 5. The van der Waals surface area contributed by atoms with Crippen molar-refractivity contribution in [3.63, 3.8) is 0 Å². The molecule has 0 aromatic heterocycles. The maximum atomic E-state index is 13.3. The van der Waals surface area contributed by atoms with Crippen LogP contribution < -0.4 is 15.0 Å². The van der Waals surface area contributed by atoms with Crippen molar-refractivity contribution in [1.82, 2.24) is 0 Å². The van der Waals surface area contributed by atoms with E-state index in [4.69, 9.17) is 9.73 Å². The lowest BCUT2D eigenvalue weighted by atomic mass is 10.1. The smallest absolute Gasteiger partial charge is 0.247 e. The van der Waals surface area contributed by atoms with Crippen LogP contribution in [-0.2, 0) is 16.0 Å². The SMILES string of the molecule is CCOc1ccc(N2C(=O)C[C@H](SC(=N[C@H](C)Cc3ccccc3)Nc3ccccc3)C2=O)cc1. The van der Waals surface area contributed by atoms with Crippen molar-refractivity contribution in [2.24, 2.45) is 4.99 Å². The Kier molecular flexibility index (Phi) is 8.21. The normalized spacial score (nSPS) is 16.9. The molecule has 1 N–H and O–H groups in total. The highest BCUT2D eigenvalue weighted by Crippen LogP contribution is 2.32. The van der Waals surface area contributed by atoms with E-state index in [1.165, 1.54) is 22.2 Å². The Bertz CT molecular complexity index is 1170. The number of imide groups is 1. The minimum absolute atomic E-state index is 0.00877. The molecule has 0 bridgehead atoms. The third-order valence-electron chi connectivity index (χ3n) is 5.50. The number of hydrogen-bond donors (Lipinski definition) is 1. The van der Waals surface area contributed by atoms with Crippen LogP contribution in [0.2, 0.25) is 0 Å². The first-order valence-corrected chi connectivity index (χ1v) is 12.6. The third-order valence-corrected chi connectivity index (χ3v) is 6.59. The number of para-hydroxylation sites is 1. The summed E-state index contributed by atoms with van der Waals surface area (Å²) < 4.78 is 5.47. The number of amides is 2. The first-order chi connectivity index (χ1) is 17.0. The molecule has 1 heterocycles. The summed E-state index contributed by atoms with van der Waals surface area (Å²) in [5.74, 6) is 0.255. The lowest BCUT2D eigenvalue weighted by molar-refractivity contribution is -0.121. The van der Waals surface area contributed by atoms with Gasteiger partial charge in [-0.05, 0) is 62.2 Å². The van der Waals surface area contributed by atoms with Gasteiger partial charge < -0.3 is 10.1 Å². The molecule has 0 radical (unpaired) electrons. The van der Waals surface area contributed by atoms with Crippen LogP contribution in [0.25, 0.3) is 0 Å². The molecule has 0 saturated carbocycles. The van der Waals surface area contributed by atoms with Gasteiger partial charge in [0.05, 0.1) is 18.3 Å². The molecule has 3 aromatic carbocycles. The molecule has 0 spiro atoms. The standard InChI is InChI=1S/C28H29N3O3S/c1-3-34-24-16-14-23(15-17-24)31-26(32)19-25(27(31)33)35-28(30-22-12-8-5-9-13-22)29-20(2)18-21-10-6-4-7-11-21/h4-17,20,25H,3,18-19H2,1-2H3,(H,29,30)/t20-,25+/m1/s1. The summed E-state index contributed by atoms with van der Waals surface area (Å²) in [6.07, 6.45) is 0.899. The van der Waals surface area contributed by atoms with E-state index in [2.05, 4.69) is 17.4 Å². The monoisotopic (exact) mass is 487 g/mol. The number of aliphatic imine (C=N–C) groups is 1. The van der Waals surface area contributed by atoms with Crippen LogP contribution in [0.5, 0.6) is 5.75 Å². The first-order valence-electron chi connectivity index (χ1n) is 11.7. The van der Waals surface area contributed by atoms with Gasteiger partial charge in [-0.1, -0.05) is 60.3 Å². The number of ether oxygens (including phenoxy) is 1. The minimum Gasteiger partial charge on any atom is -0.494 e. The maximum absolute atomic E-state index is 13.3. The van der Waals surface area contributed by atoms with Crippen molar-refractivity contribution in [3.05, 3.63) is 90.5 Å². The Hall–Kier alpha value is -3.58. The zero-order valence-corrected chi connectivity index (χ0v) is 20.7. The van der Waals surface area contributed by atoms with Crippen LogP contribution in [-0.4, -0.2) is 34.9 Å². The van der Waals surface area contributed by atoms with Crippen molar-refractivity contribution in [2.75, 3.05) is 16.8 Å². The van der Waals surface area contributed by atoms with Crippen LogP contribution in [0.15, 0.2) is 89.9 Å². The number of benzene rings is 3. The van der Waals surface area contributed by atoms with E-state index in [0.717, 1.165) is 12.1 Å². The van der Waals surface area contributed by atoms with Gasteiger partial charge >= 0.3 is 0 Å². The Balaban J connectivity index is 1.51. The molecule has 1 aliphatic heterocycles. The summed E-state index contributed by atoms with van der Waals surface area (Å²) in [7, 11) is 0. The number of thioether (sulfide) groups is 1. The molecular formula is C28H29N3O3S. The lowest BCUT2D eigenvalue weighted by Crippen LogP contribution is -2.31. The number of rotatable bonds is 8. The van der Waals surface area contributed by atoms with Gasteiger partial charge in [-0.15, -0.1) is 0 Å². The fraction of sp³-hybridized carbons (Fsp3) is 0.250. The second-order valence-corrected chi connectivity index (χ2v) is 9.46. The van der Waals surface area contributed by atoms with E-state index in [0.29, 0.717) is 23.2 Å². The van der Waals surface area contributed by atoms with Crippen molar-refractivity contribution in [1.29, 1.82) is 0 Å². The summed E-state index contributed by atoms with van der Waals surface area (Å²) in [6.45, 7) is 4.51. The highest BCUT2D eigenvalue weighted by atomic mass is 32.2. The van der Waals surface area contributed by atoms with Crippen LogP contribution >= 0.6 is 11.8 Å². The molecule has 1 fully saturated rings. The van der Waals surface area contributed by atoms with E-state index < -0.39 is 5.25 Å². The Morgan fingerprint density at radius 1 is 1.03 bits per heavy atom. The van der Waals surface area contributed by atoms with Crippen LogP contribution in [0, 0.1) is 0 Å². The number of amidine groups is 1. The Labute approximate surface area is 210 Å². The highest BCUT2D eigenvalue weighted by Gasteiger charge is 2.41. The van der Waals surface area contributed by atoms with Crippen LogP contribution in [0.1, 0.15) is 25.8 Å². The molecule has 2 amide bonds. The van der Waals surface area contributed by atoms with Gasteiger partial charge in [0.15, 0.2) is 5.17 Å². The van der Waals surface area contributed by atoms with Crippen molar-refractivity contribution >= 4 is 40.1 Å². The number of nitrogens with zero attached hydrogens (tertiary/aromatic N) is 2. The van der Waals surface area contributed by atoms with E-state index >= 15 is 0 Å². The summed E-state index contributed by atoms with van der Waals surface area (Å²) in [5.41, 5.74) is 2.63. The van der Waals surface area contributed by atoms with Gasteiger partial charge in [0.25, 0.3) is 0 Å². The molecule has 3 aromatic rings. The van der Waals surface area contributed by atoms with Gasteiger partial charge in [-0.2, -0.15) is 0 Å². The fourth-order valence-electron chi connectivity index (χ4n) is 3.90. The summed E-state index contributed by atoms with van der Waals surface area (Å²) in [6, 6.07) is 26.9. The highest BCUT2D eigenvalue weighted by molar-refractivity contribution is 8.15. The molecule has 1 aliphatic rings. The van der Waals surface area contributed by atoms with E-state index in [9.17, 15) is 9.59 Å². The molecule has 1 saturated heterocycles. The number of carbonyl (C=O) groups is 2. The van der Waals surface area contributed by atoms with E-state index in [-0.39, 0.29) is 24.3 Å². The van der Waals surface area contributed by atoms with E-state index in [1.807, 2.05) is 62.4 Å². The maximum Gasteiger partial charge on any atom is 0.247 e. The molecule has 180 valence electrons. The third kappa shape index (κ3) is 6.51. The van der Waals surface area contributed by atoms with Gasteiger partial charge in [0.1, 0.15) is 11.0 Å². The molecule has 4 rings (SSSR count). The summed E-state index contributed by atoms with van der Waals surface area (Å²) in [5, 5.41) is 3.42. The number of carbonyl (C=O) groups excluding carboxylic acids is 2. The molecule has 0 aliphatic carbocycles. The van der Waals surface area contributed by atoms with Crippen molar-refractivity contribution in [3.8, 4) is 5.75 Å². The van der Waals surface area contributed by atoms with Gasteiger partial charge in [0.2, 0.25) is 11.8 Å². The van der Waals surface area contributed by atoms with Gasteiger partial charge in [-0.3, -0.25) is 14.6 Å². The lowest BCUT2D eigenvalue weighted by Gasteiger charge is -2.17. The van der Waals surface area contributed by atoms with Crippen LogP contribution in [0.4, 0.5) is 11.4 Å². The van der Waals surface area contributed by atoms with Gasteiger partial charge in [0, 0.05) is 12.1 Å². The molecule has 35 heavy (non-hydrogen) atoms. The number of anilines is 2. The Morgan fingerprint density at radius 3 is 2.34 bits per heavy atom. The molecular weight excluding hydrogens is 458 g/mol. The van der Waals surface area contributed by atoms with E-state index in [1.54, 1.807) is 24.3 Å². The Morgan fingerprint density at radius 2 is 1.69 bits per heavy atom. The second kappa shape index (κ2) is 11.7. The number of nitrogens with one attached hydrogen (secondary N) is 1. The topological polar surface area (TPSA) is 71.0 Å². The largest absolute Gasteiger partial charge is 0.494 e.